The number of amides is 1. The average Bonchev–Trinajstić information content (AvgIpc) is 3.08. The second-order valence-corrected chi connectivity index (χ2v) is 5.36. The maximum atomic E-state index is 12.0. The lowest BCUT2D eigenvalue weighted by Crippen LogP contribution is -2.30. The molecule has 0 unspecified atom stereocenters. The Balaban J connectivity index is 1.79. The van der Waals surface area contributed by atoms with Crippen molar-refractivity contribution in [1.29, 1.82) is 0 Å². The predicted octanol–water partition coefficient (Wildman–Crippen LogP) is 1.46. The minimum Gasteiger partial charge on any atom is -0.345 e. The van der Waals surface area contributed by atoms with Crippen LogP contribution in [0.15, 0.2) is 16.8 Å². The summed E-state index contributed by atoms with van der Waals surface area (Å²) in [6, 6.07) is 2.06. The van der Waals surface area contributed by atoms with E-state index < -0.39 is 0 Å². The summed E-state index contributed by atoms with van der Waals surface area (Å²) in [7, 11) is 1.81. The van der Waals surface area contributed by atoms with Crippen molar-refractivity contribution < 1.29 is 4.79 Å². The summed E-state index contributed by atoms with van der Waals surface area (Å²) < 4.78 is 0. The Morgan fingerprint density at radius 2 is 2.42 bits per heavy atom. The molecule has 0 spiro atoms. The number of H-pyrrole nitrogens is 1. The highest BCUT2D eigenvalue weighted by Crippen LogP contribution is 2.12. The van der Waals surface area contributed by atoms with Crippen LogP contribution in [-0.4, -0.2) is 45.0 Å². The molecule has 0 aliphatic rings. The highest BCUT2D eigenvalue weighted by atomic mass is 32.1. The standard InChI is InChI=1S/C12H17N5OS/c1-9(12-13-15-16-14-12)7-17(2)11(18)4-3-10-5-6-19-8-10/h5-6,8-9H,3-4,7H2,1-2H3,(H,13,14,15,16)/t9-/m1/s1. The fraction of sp³-hybridized carbons (Fsp3) is 0.500. The van der Waals surface area contributed by atoms with E-state index in [1.165, 1.54) is 5.56 Å². The molecule has 0 radical (unpaired) electrons. The molecule has 0 bridgehead atoms. The van der Waals surface area contributed by atoms with Gasteiger partial charge < -0.3 is 4.90 Å². The lowest BCUT2D eigenvalue weighted by Gasteiger charge is -2.19. The van der Waals surface area contributed by atoms with Gasteiger partial charge in [0.2, 0.25) is 5.91 Å². The van der Waals surface area contributed by atoms with Gasteiger partial charge >= 0.3 is 0 Å². The molecule has 0 fully saturated rings. The molecular weight excluding hydrogens is 262 g/mol. The molecule has 6 nitrogen and oxygen atoms in total. The number of aromatic amines is 1. The summed E-state index contributed by atoms with van der Waals surface area (Å²) in [4.78, 5) is 13.7. The largest absolute Gasteiger partial charge is 0.345 e. The average molecular weight is 279 g/mol. The van der Waals surface area contributed by atoms with E-state index in [0.29, 0.717) is 18.8 Å². The highest BCUT2D eigenvalue weighted by Gasteiger charge is 2.16. The fourth-order valence-electron chi connectivity index (χ4n) is 1.85. The lowest BCUT2D eigenvalue weighted by molar-refractivity contribution is -0.130. The number of nitrogens with one attached hydrogen (secondary N) is 1. The van der Waals surface area contributed by atoms with Gasteiger partial charge in [-0.1, -0.05) is 12.1 Å². The van der Waals surface area contributed by atoms with Crippen LogP contribution in [0.4, 0.5) is 0 Å². The third-order valence-electron chi connectivity index (χ3n) is 2.98. The number of carbonyl (C=O) groups excluding carboxylic acids is 1. The fourth-order valence-corrected chi connectivity index (χ4v) is 2.55. The van der Waals surface area contributed by atoms with Crippen LogP contribution in [0.25, 0.3) is 0 Å². The molecule has 0 aromatic carbocycles. The van der Waals surface area contributed by atoms with Gasteiger partial charge in [-0.05, 0) is 28.8 Å². The van der Waals surface area contributed by atoms with Crippen molar-refractivity contribution in [2.24, 2.45) is 0 Å². The van der Waals surface area contributed by atoms with E-state index in [1.807, 2.05) is 19.4 Å². The van der Waals surface area contributed by atoms with E-state index in [9.17, 15) is 4.79 Å². The Bertz CT molecular complexity index is 496. The van der Waals surface area contributed by atoms with Crippen LogP contribution in [0.2, 0.25) is 0 Å². The number of likely N-dealkylation sites (N-methyl/N-ethyl adjacent to an activating group) is 1. The van der Waals surface area contributed by atoms with Gasteiger partial charge in [0.15, 0.2) is 5.82 Å². The summed E-state index contributed by atoms with van der Waals surface area (Å²) in [5, 5.41) is 17.9. The summed E-state index contributed by atoms with van der Waals surface area (Å²) in [6.45, 7) is 2.58. The van der Waals surface area contributed by atoms with Crippen molar-refractivity contribution >= 4 is 17.2 Å². The van der Waals surface area contributed by atoms with Crippen molar-refractivity contribution in [2.45, 2.75) is 25.7 Å². The summed E-state index contributed by atoms with van der Waals surface area (Å²) >= 11 is 1.66. The lowest BCUT2D eigenvalue weighted by atomic mass is 10.1. The number of thiophene rings is 1. The molecule has 2 aromatic heterocycles. The van der Waals surface area contributed by atoms with Crippen LogP contribution in [0, 0.1) is 0 Å². The molecule has 1 atom stereocenters. The third-order valence-corrected chi connectivity index (χ3v) is 3.72. The first-order valence-electron chi connectivity index (χ1n) is 6.15. The molecule has 0 saturated heterocycles. The molecule has 2 heterocycles. The number of aryl methyl sites for hydroxylation is 1. The number of hydrogen-bond donors (Lipinski definition) is 1. The Morgan fingerprint density at radius 1 is 1.58 bits per heavy atom. The summed E-state index contributed by atoms with van der Waals surface area (Å²) in [5.74, 6) is 0.855. The van der Waals surface area contributed by atoms with Crippen LogP contribution in [0.1, 0.15) is 30.7 Å². The smallest absolute Gasteiger partial charge is 0.222 e. The Morgan fingerprint density at radius 3 is 3.05 bits per heavy atom. The second-order valence-electron chi connectivity index (χ2n) is 4.58. The number of carbonyl (C=O) groups is 1. The van der Waals surface area contributed by atoms with Gasteiger partial charge in [-0.15, -0.1) is 10.2 Å². The first-order chi connectivity index (χ1) is 9.16. The zero-order valence-corrected chi connectivity index (χ0v) is 11.9. The Kier molecular flexibility index (Phi) is 4.62. The van der Waals surface area contributed by atoms with E-state index in [2.05, 4.69) is 32.1 Å². The van der Waals surface area contributed by atoms with Gasteiger partial charge in [0.1, 0.15) is 0 Å². The van der Waals surface area contributed by atoms with Crippen molar-refractivity contribution in [2.75, 3.05) is 13.6 Å². The van der Waals surface area contributed by atoms with Crippen LogP contribution in [0.3, 0.4) is 0 Å². The van der Waals surface area contributed by atoms with Crippen LogP contribution >= 0.6 is 11.3 Å². The zero-order valence-electron chi connectivity index (χ0n) is 11.0. The van der Waals surface area contributed by atoms with E-state index >= 15 is 0 Å². The molecule has 7 heteroatoms. The van der Waals surface area contributed by atoms with E-state index in [0.717, 1.165) is 6.42 Å². The van der Waals surface area contributed by atoms with Gasteiger partial charge in [-0.2, -0.15) is 16.6 Å². The highest BCUT2D eigenvalue weighted by molar-refractivity contribution is 7.07. The molecule has 2 rings (SSSR count). The summed E-state index contributed by atoms with van der Waals surface area (Å²) in [6.07, 6.45) is 1.33. The summed E-state index contributed by atoms with van der Waals surface area (Å²) in [5.41, 5.74) is 1.22. The number of rotatable bonds is 6. The van der Waals surface area contributed by atoms with E-state index in [4.69, 9.17) is 0 Å². The maximum Gasteiger partial charge on any atom is 0.222 e. The number of hydrogen-bond acceptors (Lipinski definition) is 5. The van der Waals surface area contributed by atoms with E-state index in [1.54, 1.807) is 16.2 Å². The quantitative estimate of drug-likeness (QED) is 0.868. The van der Waals surface area contributed by atoms with Crippen molar-refractivity contribution in [3.8, 4) is 0 Å². The molecule has 0 aliphatic heterocycles. The molecule has 1 N–H and O–H groups in total. The van der Waals surface area contributed by atoms with Gasteiger partial charge in [0.25, 0.3) is 0 Å². The number of nitrogens with zero attached hydrogens (tertiary/aromatic N) is 4. The van der Waals surface area contributed by atoms with Crippen LogP contribution in [-0.2, 0) is 11.2 Å². The van der Waals surface area contributed by atoms with Crippen molar-refractivity contribution in [3.05, 3.63) is 28.2 Å². The first-order valence-corrected chi connectivity index (χ1v) is 7.09. The SMILES string of the molecule is C[C@H](CN(C)C(=O)CCc1ccsc1)c1nn[nH]n1. The van der Waals surface area contributed by atoms with Gasteiger partial charge in [0.05, 0.1) is 0 Å². The molecule has 102 valence electrons. The Labute approximate surface area is 115 Å². The normalized spacial score (nSPS) is 12.3. The minimum atomic E-state index is 0.0776. The predicted molar refractivity (Wildman–Crippen MR) is 72.9 cm³/mol. The van der Waals surface area contributed by atoms with Gasteiger partial charge in [0, 0.05) is 25.9 Å². The minimum absolute atomic E-state index is 0.0776. The monoisotopic (exact) mass is 279 g/mol. The van der Waals surface area contributed by atoms with Crippen molar-refractivity contribution in [1.82, 2.24) is 25.5 Å². The topological polar surface area (TPSA) is 74.8 Å². The molecular formula is C12H17N5OS. The third kappa shape index (κ3) is 3.85. The van der Waals surface area contributed by atoms with Crippen molar-refractivity contribution in [3.63, 3.8) is 0 Å². The van der Waals surface area contributed by atoms with Crippen LogP contribution < -0.4 is 0 Å². The second kappa shape index (κ2) is 6.42. The molecule has 19 heavy (non-hydrogen) atoms. The maximum absolute atomic E-state index is 12.0. The zero-order chi connectivity index (χ0) is 13.7. The van der Waals surface area contributed by atoms with Crippen LogP contribution in [0.5, 0.6) is 0 Å². The number of tetrazole rings is 1. The molecule has 1 amide bonds. The molecule has 0 aliphatic carbocycles. The van der Waals surface area contributed by atoms with Gasteiger partial charge in [-0.3, -0.25) is 4.79 Å². The Hall–Kier alpha value is -1.76. The first kappa shape index (κ1) is 13.7. The van der Waals surface area contributed by atoms with E-state index in [-0.39, 0.29) is 11.8 Å². The number of aromatic nitrogens is 4. The molecule has 2 aromatic rings. The van der Waals surface area contributed by atoms with Gasteiger partial charge in [-0.25, -0.2) is 0 Å². The molecule has 0 saturated carbocycles.